The summed E-state index contributed by atoms with van der Waals surface area (Å²) < 4.78 is 5.15. The standard InChI is InChI=1S/C13H24N2O2/c1-4-15(13(16)9(2)17-3)12-7-10-5-6-11(8-12)14-10/h9-12,14H,4-8H2,1-3H3. The third-order valence-electron chi connectivity index (χ3n) is 4.21. The second-order valence-electron chi connectivity index (χ2n) is 5.27. The smallest absolute Gasteiger partial charge is 0.251 e. The van der Waals surface area contributed by atoms with Gasteiger partial charge in [-0.2, -0.15) is 0 Å². The van der Waals surface area contributed by atoms with E-state index in [2.05, 4.69) is 12.2 Å². The van der Waals surface area contributed by atoms with E-state index in [1.54, 1.807) is 7.11 Å². The molecule has 1 amide bonds. The molecule has 3 unspecified atom stereocenters. The lowest BCUT2D eigenvalue weighted by molar-refractivity contribution is -0.143. The zero-order valence-corrected chi connectivity index (χ0v) is 11.1. The summed E-state index contributed by atoms with van der Waals surface area (Å²) in [6.07, 6.45) is 4.43. The topological polar surface area (TPSA) is 41.6 Å². The van der Waals surface area contributed by atoms with Crippen molar-refractivity contribution in [1.29, 1.82) is 0 Å². The zero-order valence-electron chi connectivity index (χ0n) is 11.1. The first-order valence-electron chi connectivity index (χ1n) is 6.75. The van der Waals surface area contributed by atoms with Crippen molar-refractivity contribution in [1.82, 2.24) is 10.2 Å². The predicted molar refractivity (Wildman–Crippen MR) is 66.8 cm³/mol. The van der Waals surface area contributed by atoms with E-state index in [1.807, 2.05) is 11.8 Å². The first-order chi connectivity index (χ1) is 8.15. The molecule has 0 saturated carbocycles. The van der Waals surface area contributed by atoms with Crippen LogP contribution in [0.4, 0.5) is 0 Å². The van der Waals surface area contributed by atoms with E-state index in [0.717, 1.165) is 19.4 Å². The van der Waals surface area contributed by atoms with Crippen molar-refractivity contribution in [2.75, 3.05) is 13.7 Å². The van der Waals surface area contributed by atoms with Crippen LogP contribution in [0.2, 0.25) is 0 Å². The Labute approximate surface area is 104 Å². The molecule has 0 aliphatic carbocycles. The fraction of sp³-hybridized carbons (Fsp3) is 0.923. The van der Waals surface area contributed by atoms with E-state index in [1.165, 1.54) is 12.8 Å². The minimum Gasteiger partial charge on any atom is -0.372 e. The number of nitrogens with one attached hydrogen (secondary N) is 1. The van der Waals surface area contributed by atoms with E-state index >= 15 is 0 Å². The van der Waals surface area contributed by atoms with Crippen molar-refractivity contribution in [2.24, 2.45) is 0 Å². The molecule has 2 aliphatic heterocycles. The Bertz CT molecular complexity index is 271. The van der Waals surface area contributed by atoms with Crippen LogP contribution < -0.4 is 5.32 Å². The molecule has 0 radical (unpaired) electrons. The largest absolute Gasteiger partial charge is 0.372 e. The first kappa shape index (κ1) is 12.8. The van der Waals surface area contributed by atoms with Crippen LogP contribution in [0.15, 0.2) is 0 Å². The number of carbonyl (C=O) groups excluding carboxylic acids is 1. The summed E-state index contributed by atoms with van der Waals surface area (Å²) in [6.45, 7) is 4.68. The minimum atomic E-state index is -0.317. The molecule has 4 heteroatoms. The Morgan fingerprint density at radius 2 is 2.00 bits per heavy atom. The molecule has 2 bridgehead atoms. The molecule has 0 aromatic rings. The van der Waals surface area contributed by atoms with E-state index < -0.39 is 0 Å². The quantitative estimate of drug-likeness (QED) is 0.801. The lowest BCUT2D eigenvalue weighted by Gasteiger charge is -2.38. The summed E-state index contributed by atoms with van der Waals surface area (Å²) in [7, 11) is 1.60. The van der Waals surface area contributed by atoms with Gasteiger partial charge in [0, 0.05) is 31.8 Å². The summed E-state index contributed by atoms with van der Waals surface area (Å²) >= 11 is 0. The van der Waals surface area contributed by atoms with E-state index in [-0.39, 0.29) is 12.0 Å². The fourth-order valence-electron chi connectivity index (χ4n) is 3.21. The maximum atomic E-state index is 12.2. The highest BCUT2D eigenvalue weighted by Crippen LogP contribution is 2.30. The summed E-state index contributed by atoms with van der Waals surface area (Å²) in [6, 6.07) is 1.65. The molecule has 0 aromatic carbocycles. The molecular weight excluding hydrogens is 216 g/mol. The molecule has 2 rings (SSSR count). The van der Waals surface area contributed by atoms with Gasteiger partial charge in [-0.15, -0.1) is 0 Å². The average Bonchev–Trinajstić information content (AvgIpc) is 2.68. The highest BCUT2D eigenvalue weighted by Gasteiger charge is 2.37. The van der Waals surface area contributed by atoms with Gasteiger partial charge in [0.05, 0.1) is 0 Å². The Morgan fingerprint density at radius 3 is 2.47 bits per heavy atom. The fourth-order valence-corrected chi connectivity index (χ4v) is 3.21. The number of carbonyl (C=O) groups is 1. The lowest BCUT2D eigenvalue weighted by atomic mass is 9.97. The summed E-state index contributed by atoms with van der Waals surface area (Å²) in [5.41, 5.74) is 0. The van der Waals surface area contributed by atoms with Gasteiger partial charge in [-0.1, -0.05) is 0 Å². The highest BCUT2D eigenvalue weighted by molar-refractivity contribution is 5.80. The van der Waals surface area contributed by atoms with E-state index in [4.69, 9.17) is 4.74 Å². The van der Waals surface area contributed by atoms with Crippen molar-refractivity contribution in [3.63, 3.8) is 0 Å². The van der Waals surface area contributed by atoms with Crippen molar-refractivity contribution in [3.8, 4) is 0 Å². The molecule has 17 heavy (non-hydrogen) atoms. The number of fused-ring (bicyclic) bond motifs is 2. The van der Waals surface area contributed by atoms with Crippen molar-refractivity contribution in [3.05, 3.63) is 0 Å². The van der Waals surface area contributed by atoms with Gasteiger partial charge in [0.25, 0.3) is 5.91 Å². The van der Waals surface area contributed by atoms with Crippen molar-refractivity contribution in [2.45, 2.75) is 63.8 Å². The highest BCUT2D eigenvalue weighted by atomic mass is 16.5. The second-order valence-corrected chi connectivity index (χ2v) is 5.27. The van der Waals surface area contributed by atoms with Crippen LogP contribution in [-0.4, -0.2) is 48.7 Å². The van der Waals surface area contributed by atoms with Gasteiger partial charge in [0.15, 0.2) is 0 Å². The van der Waals surface area contributed by atoms with Crippen molar-refractivity contribution < 1.29 is 9.53 Å². The number of ether oxygens (including phenoxy) is 1. The van der Waals surface area contributed by atoms with Crippen LogP contribution in [0.3, 0.4) is 0 Å². The molecule has 4 nitrogen and oxygen atoms in total. The maximum absolute atomic E-state index is 12.2. The van der Waals surface area contributed by atoms with E-state index in [0.29, 0.717) is 18.1 Å². The van der Waals surface area contributed by atoms with Crippen LogP contribution in [0.25, 0.3) is 0 Å². The zero-order chi connectivity index (χ0) is 12.4. The molecule has 2 saturated heterocycles. The number of nitrogens with zero attached hydrogens (tertiary/aromatic N) is 1. The van der Waals surface area contributed by atoms with Crippen LogP contribution in [0.1, 0.15) is 39.5 Å². The Kier molecular flexibility index (Phi) is 4.05. The molecule has 3 atom stereocenters. The minimum absolute atomic E-state index is 0.140. The molecule has 2 fully saturated rings. The van der Waals surface area contributed by atoms with Crippen LogP contribution in [-0.2, 0) is 9.53 Å². The van der Waals surface area contributed by atoms with Crippen molar-refractivity contribution >= 4 is 5.91 Å². The Hall–Kier alpha value is -0.610. The average molecular weight is 240 g/mol. The van der Waals surface area contributed by atoms with Crippen LogP contribution in [0.5, 0.6) is 0 Å². The lowest BCUT2D eigenvalue weighted by Crippen LogP contribution is -2.52. The number of piperidine rings is 1. The van der Waals surface area contributed by atoms with E-state index in [9.17, 15) is 4.79 Å². The van der Waals surface area contributed by atoms with Gasteiger partial charge in [-0.05, 0) is 39.5 Å². The Balaban J connectivity index is 2.00. The molecule has 2 heterocycles. The summed E-state index contributed by atoms with van der Waals surface area (Å²) in [5.74, 6) is 0.140. The molecular formula is C13H24N2O2. The SMILES string of the molecule is CCN(C(=O)C(C)OC)C1CC2CCC(C1)N2. The van der Waals surface area contributed by atoms with Crippen LogP contribution >= 0.6 is 0 Å². The number of rotatable bonds is 4. The molecule has 2 aliphatic rings. The maximum Gasteiger partial charge on any atom is 0.251 e. The third-order valence-corrected chi connectivity index (χ3v) is 4.21. The normalized spacial score (nSPS) is 33.5. The predicted octanol–water partition coefficient (Wildman–Crippen LogP) is 1.15. The van der Waals surface area contributed by atoms with Gasteiger partial charge in [-0.25, -0.2) is 0 Å². The van der Waals surface area contributed by atoms with Gasteiger partial charge in [-0.3, -0.25) is 4.79 Å². The van der Waals surface area contributed by atoms with Gasteiger partial charge in [0.2, 0.25) is 0 Å². The number of amides is 1. The van der Waals surface area contributed by atoms with Gasteiger partial charge < -0.3 is 15.0 Å². The number of methoxy groups -OCH3 is 1. The molecule has 1 N–H and O–H groups in total. The monoisotopic (exact) mass is 240 g/mol. The Morgan fingerprint density at radius 1 is 1.41 bits per heavy atom. The first-order valence-corrected chi connectivity index (χ1v) is 6.75. The summed E-state index contributed by atoms with van der Waals surface area (Å²) in [4.78, 5) is 14.2. The number of hydrogen-bond acceptors (Lipinski definition) is 3. The number of likely N-dealkylation sites (N-methyl/N-ethyl adjacent to an activating group) is 1. The molecule has 98 valence electrons. The molecule has 0 spiro atoms. The van der Waals surface area contributed by atoms with Gasteiger partial charge in [0.1, 0.15) is 6.10 Å². The third kappa shape index (κ3) is 2.63. The van der Waals surface area contributed by atoms with Gasteiger partial charge >= 0.3 is 0 Å². The van der Waals surface area contributed by atoms with Crippen LogP contribution in [0, 0.1) is 0 Å². The number of hydrogen-bond donors (Lipinski definition) is 1. The molecule has 0 aromatic heterocycles. The summed E-state index contributed by atoms with van der Waals surface area (Å²) in [5, 5.41) is 3.61. The second kappa shape index (κ2) is 5.36.